The number of fused-ring (bicyclic) bond motifs is 1. The summed E-state index contributed by atoms with van der Waals surface area (Å²) in [5.41, 5.74) is 3.38. The van der Waals surface area contributed by atoms with Crippen LogP contribution in [0.25, 0.3) is 0 Å². The van der Waals surface area contributed by atoms with E-state index in [1.54, 1.807) is 48.2 Å². The Morgan fingerprint density at radius 3 is 2.56 bits per heavy atom. The second-order valence-electron chi connectivity index (χ2n) is 8.65. The van der Waals surface area contributed by atoms with E-state index in [-0.39, 0.29) is 11.6 Å². The number of thioether (sulfide) groups is 1. The van der Waals surface area contributed by atoms with Gasteiger partial charge in [0.2, 0.25) is 11.1 Å². The molecule has 39 heavy (non-hydrogen) atoms. The first-order valence-corrected chi connectivity index (χ1v) is 13.2. The quantitative estimate of drug-likeness (QED) is 0.151. The number of non-ortho nitro benzene ring substituents is 1. The molecule has 2 heterocycles. The van der Waals surface area contributed by atoms with Gasteiger partial charge in [-0.3, -0.25) is 14.9 Å². The average molecular weight is 563 g/mol. The fraction of sp³-hybridized carbons (Fsp3) is 0.148. The summed E-state index contributed by atoms with van der Waals surface area (Å²) < 4.78 is 7.09. The van der Waals surface area contributed by atoms with Gasteiger partial charge >= 0.3 is 0 Å². The highest BCUT2D eigenvalue weighted by Crippen LogP contribution is 2.38. The first-order chi connectivity index (χ1) is 18.8. The lowest BCUT2D eigenvalue weighted by atomic mass is 9.95. The van der Waals surface area contributed by atoms with Crippen molar-refractivity contribution in [1.82, 2.24) is 14.8 Å². The molecule has 0 spiro atoms. The van der Waals surface area contributed by atoms with Crippen molar-refractivity contribution in [1.29, 1.82) is 0 Å². The molecule has 198 valence electrons. The Bertz CT molecular complexity index is 1570. The number of nitro benzene ring substituents is 1. The predicted molar refractivity (Wildman–Crippen MR) is 150 cm³/mol. The number of hydrogen-bond donors (Lipinski definition) is 2. The smallest absolute Gasteiger partial charge is 0.269 e. The van der Waals surface area contributed by atoms with E-state index in [4.69, 9.17) is 21.4 Å². The fourth-order valence-corrected chi connectivity index (χ4v) is 5.15. The molecule has 1 aliphatic rings. The second kappa shape index (κ2) is 11.2. The largest absolute Gasteiger partial charge is 0.495 e. The van der Waals surface area contributed by atoms with E-state index in [0.29, 0.717) is 44.6 Å². The first-order valence-electron chi connectivity index (χ1n) is 11.8. The van der Waals surface area contributed by atoms with Crippen molar-refractivity contribution in [2.45, 2.75) is 23.9 Å². The Morgan fingerprint density at radius 2 is 1.87 bits per heavy atom. The summed E-state index contributed by atoms with van der Waals surface area (Å²) in [5.74, 6) is 1.24. The van der Waals surface area contributed by atoms with Crippen molar-refractivity contribution in [2.75, 3.05) is 17.7 Å². The number of ether oxygens (including phenoxy) is 1. The van der Waals surface area contributed by atoms with Gasteiger partial charge in [0.25, 0.3) is 11.6 Å². The zero-order valence-corrected chi connectivity index (χ0v) is 22.5. The molecule has 5 rings (SSSR count). The van der Waals surface area contributed by atoms with Crippen LogP contribution in [0.15, 0.2) is 89.2 Å². The van der Waals surface area contributed by atoms with E-state index in [9.17, 15) is 14.9 Å². The number of carbonyl (C=O) groups is 1. The summed E-state index contributed by atoms with van der Waals surface area (Å²) in [6.45, 7) is 1.82. The number of rotatable bonds is 8. The van der Waals surface area contributed by atoms with E-state index >= 15 is 0 Å². The summed E-state index contributed by atoms with van der Waals surface area (Å²) in [6, 6.07) is 20.2. The summed E-state index contributed by atoms with van der Waals surface area (Å²) in [7, 11) is 1.55. The molecule has 0 bridgehead atoms. The van der Waals surface area contributed by atoms with Gasteiger partial charge in [-0.15, -0.1) is 5.10 Å². The Labute approximate surface area is 233 Å². The summed E-state index contributed by atoms with van der Waals surface area (Å²) in [4.78, 5) is 28.8. The van der Waals surface area contributed by atoms with E-state index in [0.717, 1.165) is 11.1 Å². The molecule has 0 fully saturated rings. The highest BCUT2D eigenvalue weighted by atomic mass is 35.5. The number of carbonyl (C=O) groups excluding carboxylic acids is 1. The number of aromatic nitrogens is 3. The number of nitro groups is 1. The second-order valence-corrected chi connectivity index (χ2v) is 10.0. The Kier molecular flexibility index (Phi) is 7.53. The molecule has 0 aliphatic carbocycles. The van der Waals surface area contributed by atoms with Crippen molar-refractivity contribution in [2.24, 2.45) is 0 Å². The Morgan fingerprint density at radius 1 is 1.15 bits per heavy atom. The van der Waals surface area contributed by atoms with E-state index in [2.05, 4.69) is 15.6 Å². The standard InChI is InChI=1S/C27H23ClN6O4S/c1-16-23(25(35)30-21-5-3-4-6-22(21)38-2)24(18-9-11-19(28)12-10-18)33-26(29-16)31-27(32-33)39-15-17-7-13-20(14-8-17)34(36)37/h3-14,24H,15H2,1-2H3,(H,30,35)(H,29,31,32). The average Bonchev–Trinajstić information content (AvgIpc) is 3.34. The number of halogens is 1. The van der Waals surface area contributed by atoms with Gasteiger partial charge in [0.05, 0.1) is 23.3 Å². The molecule has 0 saturated carbocycles. The minimum absolute atomic E-state index is 0.0369. The third-order valence-corrected chi connectivity index (χ3v) is 7.29. The molecular weight excluding hydrogens is 540 g/mol. The predicted octanol–water partition coefficient (Wildman–Crippen LogP) is 6.07. The van der Waals surface area contributed by atoms with Crippen LogP contribution < -0.4 is 15.4 Å². The summed E-state index contributed by atoms with van der Waals surface area (Å²) >= 11 is 7.55. The minimum atomic E-state index is -0.575. The maximum Gasteiger partial charge on any atom is 0.269 e. The van der Waals surface area contributed by atoms with Gasteiger partial charge < -0.3 is 15.4 Å². The molecule has 12 heteroatoms. The van der Waals surface area contributed by atoms with Gasteiger partial charge in [0, 0.05) is 28.6 Å². The number of nitrogens with one attached hydrogen (secondary N) is 2. The van der Waals surface area contributed by atoms with Crippen molar-refractivity contribution in [3.05, 3.63) is 110 Å². The number of amides is 1. The number of hydrogen-bond acceptors (Lipinski definition) is 8. The molecule has 0 saturated heterocycles. The van der Waals surface area contributed by atoms with Gasteiger partial charge in [-0.25, -0.2) is 4.68 Å². The maximum absolute atomic E-state index is 13.7. The van der Waals surface area contributed by atoms with Crippen LogP contribution >= 0.6 is 23.4 Å². The highest BCUT2D eigenvalue weighted by molar-refractivity contribution is 7.98. The van der Waals surface area contributed by atoms with Gasteiger partial charge in [0.15, 0.2) is 0 Å². The monoisotopic (exact) mass is 562 g/mol. The van der Waals surface area contributed by atoms with Crippen LogP contribution in [0.4, 0.5) is 17.3 Å². The zero-order chi connectivity index (χ0) is 27.5. The molecule has 3 aromatic carbocycles. The Balaban J connectivity index is 1.46. The number of anilines is 2. The van der Waals surface area contributed by atoms with Gasteiger partial charge in [-0.2, -0.15) is 4.98 Å². The van der Waals surface area contributed by atoms with Crippen LogP contribution in [0.5, 0.6) is 5.75 Å². The number of allylic oxidation sites excluding steroid dienone is 1. The van der Waals surface area contributed by atoms with Crippen molar-refractivity contribution < 1.29 is 14.5 Å². The lowest BCUT2D eigenvalue weighted by Crippen LogP contribution is -2.31. The molecule has 1 aliphatic heterocycles. The molecule has 1 atom stereocenters. The van der Waals surface area contributed by atoms with Crippen molar-refractivity contribution >= 4 is 46.6 Å². The lowest BCUT2D eigenvalue weighted by molar-refractivity contribution is -0.384. The molecule has 1 amide bonds. The van der Waals surface area contributed by atoms with Crippen LogP contribution in [0, 0.1) is 10.1 Å². The SMILES string of the molecule is COc1ccccc1NC(=O)C1=C(C)Nc2nc(SCc3ccc([N+](=O)[O-])cc3)nn2C1c1ccc(Cl)cc1. The third-order valence-electron chi connectivity index (χ3n) is 6.13. The molecule has 10 nitrogen and oxygen atoms in total. The lowest BCUT2D eigenvalue weighted by Gasteiger charge is -2.28. The van der Waals surface area contributed by atoms with Crippen LogP contribution in [-0.2, 0) is 10.5 Å². The normalized spacial score (nSPS) is 14.4. The Hall–Kier alpha value is -4.35. The number of benzene rings is 3. The third kappa shape index (κ3) is 5.59. The van der Waals surface area contributed by atoms with E-state index in [1.165, 1.54) is 23.9 Å². The number of methoxy groups -OCH3 is 1. The van der Waals surface area contributed by atoms with Crippen molar-refractivity contribution in [3.8, 4) is 5.75 Å². The van der Waals surface area contributed by atoms with Crippen molar-refractivity contribution in [3.63, 3.8) is 0 Å². The van der Waals surface area contributed by atoms with Crippen LogP contribution in [0.2, 0.25) is 5.02 Å². The number of para-hydroxylation sites is 2. The summed E-state index contributed by atoms with van der Waals surface area (Å²) in [6.07, 6.45) is 0. The zero-order valence-electron chi connectivity index (χ0n) is 20.9. The molecule has 1 aromatic heterocycles. The highest BCUT2D eigenvalue weighted by Gasteiger charge is 2.34. The van der Waals surface area contributed by atoms with Crippen LogP contribution in [-0.4, -0.2) is 32.7 Å². The maximum atomic E-state index is 13.7. The summed E-state index contributed by atoms with van der Waals surface area (Å²) in [5, 5.41) is 22.9. The molecule has 0 radical (unpaired) electrons. The topological polar surface area (TPSA) is 124 Å². The van der Waals surface area contributed by atoms with Crippen LogP contribution in [0.1, 0.15) is 24.1 Å². The van der Waals surface area contributed by atoms with E-state index in [1.807, 2.05) is 31.2 Å². The molecule has 1 unspecified atom stereocenters. The number of nitrogens with zero attached hydrogens (tertiary/aromatic N) is 4. The molecule has 4 aromatic rings. The minimum Gasteiger partial charge on any atom is -0.495 e. The first kappa shape index (κ1) is 26.3. The van der Waals surface area contributed by atoms with Crippen LogP contribution in [0.3, 0.4) is 0 Å². The van der Waals surface area contributed by atoms with E-state index < -0.39 is 11.0 Å². The fourth-order valence-electron chi connectivity index (χ4n) is 4.24. The molecular formula is C27H23ClN6O4S. The van der Waals surface area contributed by atoms with Gasteiger partial charge in [-0.05, 0) is 42.3 Å². The molecule has 2 N–H and O–H groups in total. The van der Waals surface area contributed by atoms with Gasteiger partial charge in [0.1, 0.15) is 11.8 Å². The van der Waals surface area contributed by atoms with Gasteiger partial charge in [-0.1, -0.05) is 59.8 Å².